The zero-order valence-corrected chi connectivity index (χ0v) is 8.12. The van der Waals surface area contributed by atoms with E-state index in [0.717, 1.165) is 31.6 Å². The smallest absolute Gasteiger partial charge is 0.217 e. The van der Waals surface area contributed by atoms with Crippen LogP contribution in [0.5, 0.6) is 0 Å². The molecule has 0 unspecified atom stereocenters. The molecule has 5 nitrogen and oxygen atoms in total. The van der Waals surface area contributed by atoms with Gasteiger partial charge in [-0.1, -0.05) is 0 Å². The number of nitrogens with two attached hydrogens (primary N) is 1. The number of carbonyl (C=O) groups is 1. The predicted molar refractivity (Wildman–Crippen MR) is 53.3 cm³/mol. The van der Waals surface area contributed by atoms with E-state index in [2.05, 4.69) is 15.5 Å². The van der Waals surface area contributed by atoms with E-state index >= 15 is 0 Å². The number of hydrogen-bond acceptors (Lipinski definition) is 3. The lowest BCUT2D eigenvalue weighted by atomic mass is 10.2. The van der Waals surface area contributed by atoms with Crippen LogP contribution in [0.25, 0.3) is 0 Å². The number of H-pyrrole nitrogens is 1. The van der Waals surface area contributed by atoms with E-state index in [1.165, 1.54) is 0 Å². The van der Waals surface area contributed by atoms with Gasteiger partial charge in [-0.15, -0.1) is 0 Å². The van der Waals surface area contributed by atoms with E-state index in [1.54, 1.807) is 6.20 Å². The van der Waals surface area contributed by atoms with E-state index in [0.29, 0.717) is 6.42 Å². The van der Waals surface area contributed by atoms with Crippen molar-refractivity contribution in [2.45, 2.75) is 25.8 Å². The van der Waals surface area contributed by atoms with Gasteiger partial charge < -0.3 is 11.1 Å². The fraction of sp³-hybridized carbons (Fsp3) is 0.556. The topological polar surface area (TPSA) is 83.8 Å². The number of carbonyl (C=O) groups excluding carboxylic acids is 1. The minimum atomic E-state index is -0.224. The van der Waals surface area contributed by atoms with Gasteiger partial charge in [0.15, 0.2) is 0 Å². The lowest BCUT2D eigenvalue weighted by molar-refractivity contribution is -0.118. The molecule has 1 rings (SSSR count). The molecular weight excluding hydrogens is 180 g/mol. The standard InChI is InChI=1S/C9H16N4O/c10-9(14)3-1-2-5-11-7-8-4-6-12-13-8/h4,6,11H,1-3,5,7H2,(H2,10,14)(H,12,13). The first kappa shape index (κ1) is 10.7. The van der Waals surface area contributed by atoms with Crippen molar-refractivity contribution in [3.05, 3.63) is 18.0 Å². The summed E-state index contributed by atoms with van der Waals surface area (Å²) in [5, 5.41) is 9.93. The van der Waals surface area contributed by atoms with Crippen LogP contribution in [0.1, 0.15) is 25.0 Å². The minimum absolute atomic E-state index is 0.224. The Bertz CT molecular complexity index is 258. The van der Waals surface area contributed by atoms with Gasteiger partial charge in [0.2, 0.25) is 5.91 Å². The molecule has 0 fully saturated rings. The fourth-order valence-electron chi connectivity index (χ4n) is 1.16. The summed E-state index contributed by atoms with van der Waals surface area (Å²) in [6.07, 6.45) is 4.03. The highest BCUT2D eigenvalue weighted by Gasteiger charge is 1.95. The van der Waals surface area contributed by atoms with Crippen LogP contribution < -0.4 is 11.1 Å². The maximum atomic E-state index is 10.4. The van der Waals surface area contributed by atoms with Crippen molar-refractivity contribution in [1.29, 1.82) is 0 Å². The largest absolute Gasteiger partial charge is 0.370 e. The Morgan fingerprint density at radius 2 is 2.43 bits per heavy atom. The van der Waals surface area contributed by atoms with Crippen LogP contribution in [0.2, 0.25) is 0 Å². The molecule has 5 heteroatoms. The summed E-state index contributed by atoms with van der Waals surface area (Å²) < 4.78 is 0. The van der Waals surface area contributed by atoms with Crippen molar-refractivity contribution >= 4 is 5.91 Å². The van der Waals surface area contributed by atoms with Crippen LogP contribution in [-0.2, 0) is 11.3 Å². The van der Waals surface area contributed by atoms with Crippen molar-refractivity contribution in [2.75, 3.05) is 6.54 Å². The molecule has 1 heterocycles. The van der Waals surface area contributed by atoms with Crippen molar-refractivity contribution in [2.24, 2.45) is 5.73 Å². The van der Waals surface area contributed by atoms with Crippen LogP contribution in [0.15, 0.2) is 12.3 Å². The van der Waals surface area contributed by atoms with E-state index in [4.69, 9.17) is 5.73 Å². The molecule has 0 saturated carbocycles. The fourth-order valence-corrected chi connectivity index (χ4v) is 1.16. The SMILES string of the molecule is NC(=O)CCCCNCc1ccn[nH]1. The maximum absolute atomic E-state index is 10.4. The van der Waals surface area contributed by atoms with Gasteiger partial charge in [0, 0.05) is 24.9 Å². The van der Waals surface area contributed by atoms with E-state index in [-0.39, 0.29) is 5.91 Å². The third kappa shape index (κ3) is 4.61. The molecule has 78 valence electrons. The quantitative estimate of drug-likeness (QED) is 0.543. The van der Waals surface area contributed by atoms with Gasteiger partial charge in [0.1, 0.15) is 0 Å². The van der Waals surface area contributed by atoms with Crippen LogP contribution >= 0.6 is 0 Å². The Hall–Kier alpha value is -1.36. The van der Waals surface area contributed by atoms with Crippen LogP contribution in [-0.4, -0.2) is 22.6 Å². The monoisotopic (exact) mass is 196 g/mol. The maximum Gasteiger partial charge on any atom is 0.217 e. The van der Waals surface area contributed by atoms with Gasteiger partial charge in [-0.05, 0) is 25.5 Å². The Kier molecular flexibility index (Phi) is 4.71. The van der Waals surface area contributed by atoms with Gasteiger partial charge in [-0.2, -0.15) is 5.10 Å². The minimum Gasteiger partial charge on any atom is -0.370 e. The number of unbranched alkanes of at least 4 members (excludes halogenated alkanes) is 1. The number of primary amides is 1. The molecular formula is C9H16N4O. The third-order valence-electron chi connectivity index (χ3n) is 1.90. The molecule has 4 N–H and O–H groups in total. The number of nitrogens with one attached hydrogen (secondary N) is 2. The highest BCUT2D eigenvalue weighted by molar-refractivity contribution is 5.73. The number of rotatable bonds is 7. The summed E-state index contributed by atoms with van der Waals surface area (Å²) in [5.74, 6) is -0.224. The molecule has 0 aromatic carbocycles. The summed E-state index contributed by atoms with van der Waals surface area (Å²) >= 11 is 0. The van der Waals surface area contributed by atoms with Crippen molar-refractivity contribution in [3.8, 4) is 0 Å². The number of amides is 1. The van der Waals surface area contributed by atoms with Crippen molar-refractivity contribution in [3.63, 3.8) is 0 Å². The Morgan fingerprint density at radius 3 is 3.07 bits per heavy atom. The number of hydrogen-bond donors (Lipinski definition) is 3. The second-order valence-corrected chi connectivity index (χ2v) is 3.18. The summed E-state index contributed by atoms with van der Waals surface area (Å²) in [7, 11) is 0. The molecule has 0 aliphatic carbocycles. The molecule has 0 saturated heterocycles. The highest BCUT2D eigenvalue weighted by atomic mass is 16.1. The molecule has 1 aromatic heterocycles. The summed E-state index contributed by atoms with van der Waals surface area (Å²) in [6.45, 7) is 1.68. The van der Waals surface area contributed by atoms with Gasteiger partial charge >= 0.3 is 0 Å². The zero-order valence-electron chi connectivity index (χ0n) is 8.12. The van der Waals surface area contributed by atoms with Crippen molar-refractivity contribution < 1.29 is 4.79 Å². The normalized spacial score (nSPS) is 10.3. The van der Waals surface area contributed by atoms with Gasteiger partial charge in [-0.3, -0.25) is 9.89 Å². The summed E-state index contributed by atoms with van der Waals surface area (Å²) in [6, 6.07) is 1.93. The molecule has 0 bridgehead atoms. The van der Waals surface area contributed by atoms with Crippen LogP contribution in [0.3, 0.4) is 0 Å². The van der Waals surface area contributed by atoms with Crippen molar-refractivity contribution in [1.82, 2.24) is 15.5 Å². The van der Waals surface area contributed by atoms with E-state index < -0.39 is 0 Å². The molecule has 0 aliphatic rings. The second kappa shape index (κ2) is 6.15. The van der Waals surface area contributed by atoms with Gasteiger partial charge in [0.25, 0.3) is 0 Å². The number of nitrogens with zero attached hydrogens (tertiary/aromatic N) is 1. The molecule has 14 heavy (non-hydrogen) atoms. The average molecular weight is 196 g/mol. The first-order chi connectivity index (χ1) is 6.79. The molecule has 1 amide bonds. The lowest BCUT2D eigenvalue weighted by Crippen LogP contribution is -2.16. The first-order valence-electron chi connectivity index (χ1n) is 4.76. The molecule has 0 radical (unpaired) electrons. The Balaban J connectivity index is 1.92. The Labute approximate surface area is 83.1 Å². The summed E-state index contributed by atoms with van der Waals surface area (Å²) in [4.78, 5) is 10.4. The van der Waals surface area contributed by atoms with Crippen LogP contribution in [0, 0.1) is 0 Å². The molecule has 0 atom stereocenters. The Morgan fingerprint density at radius 1 is 1.57 bits per heavy atom. The van der Waals surface area contributed by atoms with Crippen LogP contribution in [0.4, 0.5) is 0 Å². The molecule has 0 spiro atoms. The summed E-state index contributed by atoms with van der Waals surface area (Å²) in [5.41, 5.74) is 6.08. The number of aromatic nitrogens is 2. The number of aromatic amines is 1. The third-order valence-corrected chi connectivity index (χ3v) is 1.90. The highest BCUT2D eigenvalue weighted by Crippen LogP contribution is 1.94. The van der Waals surface area contributed by atoms with E-state index in [9.17, 15) is 4.79 Å². The van der Waals surface area contributed by atoms with Gasteiger partial charge in [-0.25, -0.2) is 0 Å². The molecule has 1 aromatic rings. The average Bonchev–Trinajstić information content (AvgIpc) is 2.63. The first-order valence-corrected chi connectivity index (χ1v) is 4.76. The zero-order chi connectivity index (χ0) is 10.2. The van der Waals surface area contributed by atoms with E-state index in [1.807, 2.05) is 6.07 Å². The molecule has 0 aliphatic heterocycles. The van der Waals surface area contributed by atoms with Gasteiger partial charge in [0.05, 0.1) is 0 Å². The predicted octanol–water partition coefficient (Wildman–Crippen LogP) is 0.155. The lowest BCUT2D eigenvalue weighted by Gasteiger charge is -2.01. The second-order valence-electron chi connectivity index (χ2n) is 3.18.